The number of anilines is 1. The number of likely N-dealkylation sites (tertiary alicyclic amines) is 1. The van der Waals surface area contributed by atoms with Crippen LogP contribution in [-0.4, -0.2) is 48.6 Å². The van der Waals surface area contributed by atoms with Crippen LogP contribution in [-0.2, 0) is 25.2 Å². The summed E-state index contributed by atoms with van der Waals surface area (Å²) < 4.78 is 7.55. The summed E-state index contributed by atoms with van der Waals surface area (Å²) >= 11 is 0. The van der Waals surface area contributed by atoms with Crippen molar-refractivity contribution < 1.29 is 30.0 Å². The van der Waals surface area contributed by atoms with Crippen molar-refractivity contribution in [3.63, 3.8) is 0 Å². The third-order valence-corrected chi connectivity index (χ3v) is 5.40. The van der Waals surface area contributed by atoms with E-state index in [1.807, 2.05) is 42.3 Å². The summed E-state index contributed by atoms with van der Waals surface area (Å²) in [4.78, 5) is 26.3. The standard InChI is InChI=1S/C23H18N7O2.Re/c1-2-19(31)29-11-10-16(13-29)30-23-20(22(24)26-14-27-23)21(28-30)15-8-9-18(25-12-15)32-17-6-4-3-5-7-17;/h3-9,12,14,16H,10-11,13H2,(H2,24,26,27);/q-1;/t16-;/m0./s1. The number of nitrogen functional groups attached to an aromatic ring is 1. The molecule has 1 radical (unpaired) electrons. The average molecular weight is 611 g/mol. The van der Waals surface area contributed by atoms with Crippen LogP contribution in [0, 0.1) is 12.3 Å². The van der Waals surface area contributed by atoms with Crippen LogP contribution >= 0.6 is 0 Å². The van der Waals surface area contributed by atoms with Crippen molar-refractivity contribution in [2.45, 2.75) is 12.5 Å². The minimum Gasteiger partial charge on any atom is -0.439 e. The Morgan fingerprint density at radius 3 is 2.70 bits per heavy atom. The Balaban J connectivity index is 0.00000259. The number of pyridine rings is 1. The van der Waals surface area contributed by atoms with Gasteiger partial charge in [-0.25, -0.2) is 25.6 Å². The van der Waals surface area contributed by atoms with Crippen LogP contribution in [0.3, 0.4) is 0 Å². The van der Waals surface area contributed by atoms with E-state index in [-0.39, 0.29) is 26.5 Å². The van der Waals surface area contributed by atoms with E-state index in [4.69, 9.17) is 22.0 Å². The summed E-state index contributed by atoms with van der Waals surface area (Å²) in [5.74, 6) is 2.96. The molecule has 1 atom stereocenters. The maximum atomic E-state index is 11.8. The van der Waals surface area contributed by atoms with Crippen molar-refractivity contribution >= 4 is 22.8 Å². The Morgan fingerprint density at radius 2 is 1.97 bits per heavy atom. The van der Waals surface area contributed by atoms with Gasteiger partial charge in [-0.2, -0.15) is 5.10 Å². The number of nitrogens with zero attached hydrogens (tertiary/aromatic N) is 6. The van der Waals surface area contributed by atoms with Crippen LogP contribution in [0.4, 0.5) is 5.82 Å². The van der Waals surface area contributed by atoms with E-state index in [1.165, 1.54) is 6.33 Å². The molecule has 0 saturated carbocycles. The first-order chi connectivity index (χ1) is 15.6. The minimum absolute atomic E-state index is 0. The van der Waals surface area contributed by atoms with Crippen LogP contribution in [0.5, 0.6) is 11.6 Å². The Labute approximate surface area is 203 Å². The fourth-order valence-electron chi connectivity index (χ4n) is 3.85. The van der Waals surface area contributed by atoms with Gasteiger partial charge in [0.15, 0.2) is 5.65 Å². The molecule has 9 nitrogen and oxygen atoms in total. The number of hydrogen-bond donors (Lipinski definition) is 1. The molecule has 1 amide bonds. The van der Waals surface area contributed by atoms with Gasteiger partial charge in [0.2, 0.25) is 5.88 Å². The van der Waals surface area contributed by atoms with Crippen molar-refractivity contribution in [3.8, 4) is 28.8 Å². The third-order valence-electron chi connectivity index (χ3n) is 5.40. The van der Waals surface area contributed by atoms with Gasteiger partial charge in [-0.15, -0.1) is 0 Å². The fraction of sp³-hybridized carbons (Fsp3) is 0.174. The second-order valence-electron chi connectivity index (χ2n) is 7.37. The molecule has 4 aromatic rings. The van der Waals surface area contributed by atoms with Gasteiger partial charge in [0.1, 0.15) is 29.5 Å². The molecule has 3 aromatic heterocycles. The third kappa shape index (κ3) is 4.29. The molecular weight excluding hydrogens is 593 g/mol. The van der Waals surface area contributed by atoms with Crippen LogP contribution in [0.25, 0.3) is 22.3 Å². The van der Waals surface area contributed by atoms with Gasteiger partial charge in [0.25, 0.3) is 0 Å². The number of ether oxygens (including phenoxy) is 1. The Kier molecular flexibility index (Phi) is 6.36. The minimum atomic E-state index is -0.434. The topological polar surface area (TPSA) is 112 Å². The summed E-state index contributed by atoms with van der Waals surface area (Å²) in [6.07, 6.45) is 10.9. The molecule has 0 spiro atoms. The van der Waals surface area contributed by atoms with Crippen molar-refractivity contribution in [1.82, 2.24) is 29.6 Å². The predicted octanol–water partition coefficient (Wildman–Crippen LogP) is 2.62. The molecule has 1 saturated heterocycles. The Bertz CT molecular complexity index is 1330. The second kappa shape index (κ2) is 9.37. The van der Waals surface area contributed by atoms with Crippen LogP contribution < -0.4 is 10.5 Å². The molecule has 1 aliphatic rings. The first-order valence-electron chi connectivity index (χ1n) is 10.0. The number of fused-ring (bicyclic) bond motifs is 1. The van der Waals surface area contributed by atoms with Crippen molar-refractivity contribution in [2.24, 2.45) is 0 Å². The maximum absolute atomic E-state index is 11.8. The van der Waals surface area contributed by atoms with Gasteiger partial charge in [0.05, 0.1) is 11.4 Å². The number of carbonyl (C=O) groups excluding carboxylic acids is 1. The molecular formula is C23H18N7O2Re-. The number of rotatable bonds is 4. The fourth-order valence-corrected chi connectivity index (χ4v) is 3.85. The molecule has 165 valence electrons. The summed E-state index contributed by atoms with van der Waals surface area (Å²) in [6, 6.07) is 12.9. The van der Waals surface area contributed by atoms with E-state index in [1.54, 1.807) is 21.8 Å². The van der Waals surface area contributed by atoms with Crippen LogP contribution in [0.2, 0.25) is 0 Å². The zero-order valence-corrected chi connectivity index (χ0v) is 20.1. The second-order valence-corrected chi connectivity index (χ2v) is 7.37. The average Bonchev–Trinajstić information content (AvgIpc) is 3.46. The van der Waals surface area contributed by atoms with E-state index in [0.717, 1.165) is 5.56 Å². The molecule has 1 fully saturated rings. The molecule has 1 aliphatic heterocycles. The molecule has 33 heavy (non-hydrogen) atoms. The zero-order chi connectivity index (χ0) is 22.1. The van der Waals surface area contributed by atoms with E-state index in [9.17, 15) is 4.79 Å². The Hall–Kier alpha value is -3.79. The summed E-state index contributed by atoms with van der Waals surface area (Å²) in [7, 11) is 0. The number of nitrogens with two attached hydrogens (primary N) is 1. The molecule has 10 heteroatoms. The Morgan fingerprint density at radius 1 is 1.15 bits per heavy atom. The summed E-state index contributed by atoms with van der Waals surface area (Å²) in [5, 5.41) is 5.42. The van der Waals surface area contributed by atoms with Crippen molar-refractivity contribution in [1.29, 1.82) is 0 Å². The smallest absolute Gasteiger partial charge is 0.219 e. The molecule has 1 aromatic carbocycles. The van der Waals surface area contributed by atoms with Gasteiger partial charge >= 0.3 is 0 Å². The molecule has 5 rings (SSSR count). The van der Waals surface area contributed by atoms with E-state index in [2.05, 4.69) is 15.0 Å². The number of hydrogen-bond acceptors (Lipinski definition) is 7. The maximum Gasteiger partial charge on any atom is 0.219 e. The SMILES string of the molecule is [C-]#CC(=O)N1CC[C@H](n2nc(-c3ccc(Oc4ccccc4)nc3)c3c(N)ncnc32)C1.[Re]. The molecule has 0 bridgehead atoms. The molecule has 2 N–H and O–H groups in total. The van der Waals surface area contributed by atoms with E-state index in [0.29, 0.717) is 53.7 Å². The zero-order valence-electron chi connectivity index (χ0n) is 17.3. The number of para-hydroxylation sites is 1. The quantitative estimate of drug-likeness (QED) is 0.279. The number of aromatic nitrogens is 5. The monoisotopic (exact) mass is 611 g/mol. The van der Waals surface area contributed by atoms with Crippen LogP contribution in [0.15, 0.2) is 55.0 Å². The van der Waals surface area contributed by atoms with Crippen LogP contribution in [0.1, 0.15) is 12.5 Å². The molecule has 0 aliphatic carbocycles. The van der Waals surface area contributed by atoms with E-state index < -0.39 is 5.91 Å². The summed E-state index contributed by atoms with van der Waals surface area (Å²) in [5.41, 5.74) is 8.14. The van der Waals surface area contributed by atoms with Crippen molar-refractivity contribution in [2.75, 3.05) is 18.8 Å². The first-order valence-corrected chi connectivity index (χ1v) is 10.0. The number of carbonyl (C=O) groups is 1. The normalized spacial score (nSPS) is 15.1. The van der Waals surface area contributed by atoms with Gasteiger partial charge in [-0.3, -0.25) is 0 Å². The van der Waals surface area contributed by atoms with E-state index >= 15 is 0 Å². The number of benzene rings is 1. The first kappa shape index (κ1) is 22.4. The molecule has 0 unspecified atom stereocenters. The van der Waals surface area contributed by atoms with Gasteiger partial charge in [-0.05, 0) is 24.6 Å². The van der Waals surface area contributed by atoms with Gasteiger partial charge < -0.3 is 26.6 Å². The van der Waals surface area contributed by atoms with Gasteiger partial charge in [0, 0.05) is 51.3 Å². The van der Waals surface area contributed by atoms with Gasteiger partial charge in [-0.1, -0.05) is 18.2 Å². The van der Waals surface area contributed by atoms with Crippen molar-refractivity contribution in [3.05, 3.63) is 61.4 Å². The largest absolute Gasteiger partial charge is 0.439 e. The molecule has 4 heterocycles. The number of amides is 1. The summed E-state index contributed by atoms with van der Waals surface area (Å²) in [6.45, 7) is 0.951. The predicted molar refractivity (Wildman–Crippen MR) is 117 cm³/mol.